The number of ether oxygens (including phenoxy) is 1. The lowest BCUT2D eigenvalue weighted by Gasteiger charge is -2.07. The maximum Gasteiger partial charge on any atom is 0.158 e. The van der Waals surface area contributed by atoms with Crippen molar-refractivity contribution < 1.29 is 4.74 Å². The third-order valence-electron chi connectivity index (χ3n) is 0.893. The first-order valence-electron chi connectivity index (χ1n) is 2.38. The fourth-order valence-electron chi connectivity index (χ4n) is 0.527. The predicted octanol–water partition coefficient (Wildman–Crippen LogP) is 2.03. The molecule has 0 unspecified atom stereocenters. The summed E-state index contributed by atoms with van der Waals surface area (Å²) in [6.07, 6.45) is 4.36. The van der Waals surface area contributed by atoms with Gasteiger partial charge < -0.3 is 4.74 Å². The topological polar surface area (TPSA) is 9.23 Å². The lowest BCUT2D eigenvalue weighted by Crippen LogP contribution is -1.94. The third-order valence-corrected chi connectivity index (χ3v) is 1.45. The molecule has 0 fully saturated rings. The Bertz CT molecular complexity index is 88.1. The van der Waals surface area contributed by atoms with E-state index in [9.17, 15) is 0 Å². The van der Waals surface area contributed by atoms with E-state index in [2.05, 4.69) is 15.9 Å². The van der Waals surface area contributed by atoms with Crippen LogP contribution in [-0.2, 0) is 4.74 Å². The summed E-state index contributed by atoms with van der Waals surface area (Å²) in [4.78, 5) is 0. The molecular weight excluding hydrogens is 156 g/mol. The highest BCUT2D eigenvalue weighted by atomic mass is 79.9. The minimum Gasteiger partial charge on any atom is -0.487 e. The largest absolute Gasteiger partial charge is 0.487 e. The van der Waals surface area contributed by atoms with Gasteiger partial charge in [-0.3, -0.25) is 0 Å². The highest BCUT2D eigenvalue weighted by molar-refractivity contribution is 9.11. The molecule has 7 heavy (non-hydrogen) atoms. The molecule has 0 N–H and O–H groups in total. The minimum absolute atomic E-state index is 0.872. The summed E-state index contributed by atoms with van der Waals surface area (Å²) in [6.45, 7) is 0.872. The third kappa shape index (κ3) is 1.51. The monoisotopic (exact) mass is 162 g/mol. The second kappa shape index (κ2) is 2.36. The molecule has 0 bridgehead atoms. The van der Waals surface area contributed by atoms with Crippen LogP contribution in [0.5, 0.6) is 0 Å². The normalized spacial score (nSPS) is 20.4. The van der Waals surface area contributed by atoms with Crippen LogP contribution in [-0.4, -0.2) is 6.61 Å². The molecule has 0 aliphatic carbocycles. The van der Waals surface area contributed by atoms with Gasteiger partial charge in [-0.2, -0.15) is 0 Å². The summed E-state index contributed by atoms with van der Waals surface area (Å²) in [5.41, 5.74) is 0. The van der Waals surface area contributed by atoms with Gasteiger partial charge >= 0.3 is 0 Å². The van der Waals surface area contributed by atoms with Crippen LogP contribution < -0.4 is 0 Å². The van der Waals surface area contributed by atoms with Crippen LogP contribution in [0.3, 0.4) is 0 Å². The van der Waals surface area contributed by atoms with Crippen molar-refractivity contribution in [2.45, 2.75) is 12.8 Å². The van der Waals surface area contributed by atoms with Crippen molar-refractivity contribution in [3.8, 4) is 0 Å². The van der Waals surface area contributed by atoms with Crippen molar-refractivity contribution in [3.63, 3.8) is 0 Å². The van der Waals surface area contributed by atoms with E-state index in [0.29, 0.717) is 0 Å². The van der Waals surface area contributed by atoms with Crippen molar-refractivity contribution in [1.82, 2.24) is 0 Å². The average molecular weight is 163 g/mol. The molecular formula is C5H7BrO. The molecule has 1 rings (SSSR count). The van der Waals surface area contributed by atoms with Crippen LogP contribution in [0.4, 0.5) is 0 Å². The Labute approximate surface area is 51.5 Å². The molecule has 0 saturated carbocycles. The summed E-state index contributed by atoms with van der Waals surface area (Å²) in [5.74, 6) is 0. The fraction of sp³-hybridized carbons (Fsp3) is 0.600. The SMILES string of the molecule is BrC1=CCCCO1. The Hall–Kier alpha value is 0.0200. The first-order valence-corrected chi connectivity index (χ1v) is 3.17. The summed E-state index contributed by atoms with van der Waals surface area (Å²) in [5, 5.41) is 0. The number of rotatable bonds is 0. The van der Waals surface area contributed by atoms with E-state index in [1.807, 2.05) is 6.08 Å². The fourth-order valence-corrected chi connectivity index (χ4v) is 0.918. The van der Waals surface area contributed by atoms with Gasteiger partial charge in [0.2, 0.25) is 0 Å². The van der Waals surface area contributed by atoms with Crippen molar-refractivity contribution >= 4 is 15.9 Å². The number of hydrogen-bond donors (Lipinski definition) is 0. The summed E-state index contributed by atoms with van der Waals surface area (Å²) in [7, 11) is 0. The first-order chi connectivity index (χ1) is 3.39. The second-order valence-corrected chi connectivity index (χ2v) is 2.28. The molecule has 0 spiro atoms. The van der Waals surface area contributed by atoms with Crippen molar-refractivity contribution in [1.29, 1.82) is 0 Å². The zero-order valence-electron chi connectivity index (χ0n) is 3.98. The van der Waals surface area contributed by atoms with Crippen LogP contribution >= 0.6 is 15.9 Å². The maximum absolute atomic E-state index is 5.06. The van der Waals surface area contributed by atoms with E-state index in [1.54, 1.807) is 0 Å². The lowest BCUT2D eigenvalue weighted by atomic mass is 10.3. The molecule has 1 nitrogen and oxygen atoms in total. The van der Waals surface area contributed by atoms with Crippen LogP contribution in [0.2, 0.25) is 0 Å². The van der Waals surface area contributed by atoms with Crippen LogP contribution in [0, 0.1) is 0 Å². The highest BCUT2D eigenvalue weighted by Crippen LogP contribution is 2.14. The zero-order chi connectivity index (χ0) is 5.11. The highest BCUT2D eigenvalue weighted by Gasteiger charge is 1.96. The Morgan fingerprint density at radius 1 is 1.71 bits per heavy atom. The van der Waals surface area contributed by atoms with E-state index in [0.717, 1.165) is 24.1 Å². The van der Waals surface area contributed by atoms with E-state index in [4.69, 9.17) is 4.74 Å². The van der Waals surface area contributed by atoms with Gasteiger partial charge in [0.15, 0.2) is 4.67 Å². The summed E-state index contributed by atoms with van der Waals surface area (Å²) >= 11 is 3.23. The van der Waals surface area contributed by atoms with Crippen LogP contribution in [0.15, 0.2) is 10.7 Å². The zero-order valence-corrected chi connectivity index (χ0v) is 5.57. The summed E-state index contributed by atoms with van der Waals surface area (Å²) in [6, 6.07) is 0. The second-order valence-electron chi connectivity index (χ2n) is 1.50. The Kier molecular flexibility index (Phi) is 1.74. The first kappa shape index (κ1) is 5.16. The molecule has 0 radical (unpaired) electrons. The van der Waals surface area contributed by atoms with Gasteiger partial charge in [-0.15, -0.1) is 0 Å². The molecule has 40 valence electrons. The summed E-state index contributed by atoms with van der Waals surface area (Å²) < 4.78 is 5.96. The van der Waals surface area contributed by atoms with E-state index in [1.165, 1.54) is 0 Å². The van der Waals surface area contributed by atoms with Crippen LogP contribution in [0.25, 0.3) is 0 Å². The average Bonchev–Trinajstić information content (AvgIpc) is 1.69. The number of halogens is 1. The van der Waals surface area contributed by atoms with E-state index in [-0.39, 0.29) is 0 Å². The molecule has 0 atom stereocenters. The molecule has 0 amide bonds. The standard InChI is InChI=1S/C5H7BrO/c6-5-3-1-2-4-7-5/h3H,1-2,4H2. The molecule has 0 saturated heterocycles. The van der Waals surface area contributed by atoms with Crippen molar-refractivity contribution in [2.24, 2.45) is 0 Å². The molecule has 2 heteroatoms. The molecule has 0 aromatic carbocycles. The Balaban J connectivity index is 2.40. The molecule has 0 aromatic heterocycles. The van der Waals surface area contributed by atoms with Gasteiger partial charge in [-0.05, 0) is 34.8 Å². The predicted molar refractivity (Wildman–Crippen MR) is 32.2 cm³/mol. The van der Waals surface area contributed by atoms with E-state index >= 15 is 0 Å². The Morgan fingerprint density at radius 2 is 2.57 bits per heavy atom. The van der Waals surface area contributed by atoms with E-state index < -0.39 is 0 Å². The number of allylic oxidation sites excluding steroid dienone is 1. The van der Waals surface area contributed by atoms with Crippen molar-refractivity contribution in [3.05, 3.63) is 10.7 Å². The quantitative estimate of drug-likeness (QED) is 0.530. The molecule has 0 aromatic rings. The van der Waals surface area contributed by atoms with Crippen molar-refractivity contribution in [2.75, 3.05) is 6.61 Å². The van der Waals surface area contributed by atoms with Gasteiger partial charge in [-0.25, -0.2) is 0 Å². The van der Waals surface area contributed by atoms with Gasteiger partial charge in [0.1, 0.15) is 0 Å². The molecule has 1 aliphatic rings. The minimum atomic E-state index is 0.872. The van der Waals surface area contributed by atoms with Gasteiger partial charge in [0, 0.05) is 0 Å². The van der Waals surface area contributed by atoms with Gasteiger partial charge in [0.25, 0.3) is 0 Å². The van der Waals surface area contributed by atoms with Crippen LogP contribution in [0.1, 0.15) is 12.8 Å². The van der Waals surface area contributed by atoms with Gasteiger partial charge in [0.05, 0.1) is 6.61 Å². The smallest absolute Gasteiger partial charge is 0.158 e. The lowest BCUT2D eigenvalue weighted by molar-refractivity contribution is 0.222. The number of hydrogen-bond acceptors (Lipinski definition) is 1. The van der Waals surface area contributed by atoms with Gasteiger partial charge in [-0.1, -0.05) is 0 Å². The Morgan fingerprint density at radius 3 is 2.86 bits per heavy atom. The molecule has 1 heterocycles. The maximum atomic E-state index is 5.06. The molecule has 1 aliphatic heterocycles.